The zero-order chi connectivity index (χ0) is 21.4. The number of rotatable bonds is 5. The molecule has 0 atom stereocenters. The first kappa shape index (κ1) is 19.2. The summed E-state index contributed by atoms with van der Waals surface area (Å²) in [5, 5.41) is 4.67. The summed E-state index contributed by atoms with van der Waals surface area (Å²) in [4.78, 5) is 41.9. The number of likely N-dealkylation sites (N-methyl/N-ethyl adjacent to an activating group) is 1. The van der Waals surface area contributed by atoms with Crippen LogP contribution in [0, 0.1) is 0 Å². The van der Waals surface area contributed by atoms with E-state index in [2.05, 4.69) is 19.9 Å². The topological polar surface area (TPSA) is 94.7 Å². The standard InChI is InChI=1S/C23H19N5O2S/c1-28(9-7-16-4-2-3-8-24-16)23(30)15-6-5-14-10-18(25-17(14)11-15)21-22(29)27-20-13-31-12-19(20)26-21/h2-6,8,10-13,25H,7,9H2,1H3,(H,27,29). The number of H-pyrrole nitrogens is 2. The van der Waals surface area contributed by atoms with Crippen molar-refractivity contribution in [2.24, 2.45) is 0 Å². The molecule has 0 saturated heterocycles. The summed E-state index contributed by atoms with van der Waals surface area (Å²) in [5.74, 6) is -0.0651. The van der Waals surface area contributed by atoms with Crippen LogP contribution in [-0.2, 0) is 6.42 Å². The molecular weight excluding hydrogens is 410 g/mol. The summed E-state index contributed by atoms with van der Waals surface area (Å²) in [6, 6.07) is 13.1. The Hall–Kier alpha value is -3.78. The molecule has 1 aromatic carbocycles. The Morgan fingerprint density at radius 2 is 2.00 bits per heavy atom. The number of hydrogen-bond donors (Lipinski definition) is 2. The molecule has 0 spiro atoms. The van der Waals surface area contributed by atoms with E-state index in [0.717, 1.165) is 27.6 Å². The highest BCUT2D eigenvalue weighted by molar-refractivity contribution is 7.09. The molecule has 0 saturated carbocycles. The molecule has 4 aromatic heterocycles. The molecule has 0 fully saturated rings. The maximum Gasteiger partial charge on any atom is 0.276 e. The molecule has 8 heteroatoms. The molecule has 0 aliphatic rings. The van der Waals surface area contributed by atoms with Crippen LogP contribution in [0.1, 0.15) is 16.1 Å². The fourth-order valence-corrected chi connectivity index (χ4v) is 4.24. The Balaban J connectivity index is 1.40. The van der Waals surface area contributed by atoms with Gasteiger partial charge in [0.25, 0.3) is 11.5 Å². The first-order valence-electron chi connectivity index (χ1n) is 9.83. The van der Waals surface area contributed by atoms with Crippen molar-refractivity contribution in [1.82, 2.24) is 24.8 Å². The highest BCUT2D eigenvalue weighted by Gasteiger charge is 2.15. The van der Waals surface area contributed by atoms with Crippen molar-refractivity contribution < 1.29 is 4.79 Å². The summed E-state index contributed by atoms with van der Waals surface area (Å²) < 4.78 is 0. The van der Waals surface area contributed by atoms with E-state index in [4.69, 9.17) is 0 Å². The highest BCUT2D eigenvalue weighted by Crippen LogP contribution is 2.24. The minimum Gasteiger partial charge on any atom is -0.353 e. The van der Waals surface area contributed by atoms with Gasteiger partial charge < -0.3 is 14.9 Å². The number of carbonyl (C=O) groups is 1. The van der Waals surface area contributed by atoms with Crippen LogP contribution >= 0.6 is 11.3 Å². The average molecular weight is 430 g/mol. The third-order valence-electron chi connectivity index (χ3n) is 5.24. The van der Waals surface area contributed by atoms with Gasteiger partial charge in [-0.3, -0.25) is 14.6 Å². The molecule has 0 bridgehead atoms. The third-order valence-corrected chi connectivity index (χ3v) is 5.97. The molecular formula is C23H19N5O2S. The van der Waals surface area contributed by atoms with Crippen LogP contribution in [0.3, 0.4) is 0 Å². The Kier molecular flexibility index (Phi) is 4.83. The zero-order valence-electron chi connectivity index (χ0n) is 16.8. The maximum absolute atomic E-state index is 12.9. The second kappa shape index (κ2) is 7.81. The summed E-state index contributed by atoms with van der Waals surface area (Å²) in [7, 11) is 1.79. The summed E-state index contributed by atoms with van der Waals surface area (Å²) in [6.07, 6.45) is 2.45. The van der Waals surface area contributed by atoms with E-state index in [1.165, 1.54) is 11.3 Å². The van der Waals surface area contributed by atoms with E-state index in [1.54, 1.807) is 24.2 Å². The molecule has 4 heterocycles. The lowest BCUT2D eigenvalue weighted by Crippen LogP contribution is -2.28. The molecule has 0 radical (unpaired) electrons. The Morgan fingerprint density at radius 3 is 2.84 bits per heavy atom. The van der Waals surface area contributed by atoms with Crippen molar-refractivity contribution in [3.05, 3.63) is 81.0 Å². The SMILES string of the molecule is CN(CCc1ccccn1)C(=O)c1ccc2cc(-c3nc4cscc4[nH]c3=O)[nH]c2c1. The van der Waals surface area contributed by atoms with E-state index in [-0.39, 0.29) is 11.5 Å². The van der Waals surface area contributed by atoms with Crippen LogP contribution < -0.4 is 5.56 Å². The minimum atomic E-state index is -0.247. The lowest BCUT2D eigenvalue weighted by molar-refractivity contribution is 0.0796. The number of nitrogens with zero attached hydrogens (tertiary/aromatic N) is 3. The first-order valence-corrected chi connectivity index (χ1v) is 10.8. The Labute approximate surface area is 181 Å². The number of amides is 1. The van der Waals surface area contributed by atoms with Crippen molar-refractivity contribution in [3.8, 4) is 11.4 Å². The van der Waals surface area contributed by atoms with Gasteiger partial charge in [0.05, 0.1) is 16.7 Å². The van der Waals surface area contributed by atoms with Crippen molar-refractivity contribution in [1.29, 1.82) is 0 Å². The van der Waals surface area contributed by atoms with Gasteiger partial charge >= 0.3 is 0 Å². The van der Waals surface area contributed by atoms with E-state index in [0.29, 0.717) is 29.9 Å². The number of aromatic amines is 2. The summed E-state index contributed by atoms with van der Waals surface area (Å²) in [5.41, 5.74) is 4.51. The fourth-order valence-electron chi connectivity index (χ4n) is 3.54. The van der Waals surface area contributed by atoms with Gasteiger partial charge in [-0.05, 0) is 30.3 Å². The number of hydrogen-bond acceptors (Lipinski definition) is 5. The number of carbonyl (C=O) groups excluding carboxylic acids is 1. The molecule has 154 valence electrons. The predicted molar refractivity (Wildman–Crippen MR) is 122 cm³/mol. The van der Waals surface area contributed by atoms with Gasteiger partial charge in [-0.1, -0.05) is 12.1 Å². The molecule has 5 aromatic rings. The second-order valence-corrected chi connectivity index (χ2v) is 8.11. The zero-order valence-corrected chi connectivity index (χ0v) is 17.6. The van der Waals surface area contributed by atoms with Crippen molar-refractivity contribution in [3.63, 3.8) is 0 Å². The van der Waals surface area contributed by atoms with E-state index < -0.39 is 0 Å². The number of fused-ring (bicyclic) bond motifs is 2. The molecule has 7 nitrogen and oxygen atoms in total. The van der Waals surface area contributed by atoms with Gasteiger partial charge in [0.15, 0.2) is 5.69 Å². The van der Waals surface area contributed by atoms with E-state index in [1.807, 2.05) is 47.2 Å². The maximum atomic E-state index is 12.9. The number of aromatic nitrogens is 4. The number of nitrogens with one attached hydrogen (secondary N) is 2. The predicted octanol–water partition coefficient (Wildman–Crippen LogP) is 3.84. The second-order valence-electron chi connectivity index (χ2n) is 7.37. The highest BCUT2D eigenvalue weighted by atomic mass is 32.1. The van der Waals surface area contributed by atoms with Crippen molar-refractivity contribution >= 4 is 39.2 Å². The van der Waals surface area contributed by atoms with Gasteiger partial charge in [-0.2, -0.15) is 0 Å². The van der Waals surface area contributed by atoms with Crippen LogP contribution in [0.25, 0.3) is 33.3 Å². The number of benzene rings is 1. The lowest BCUT2D eigenvalue weighted by Gasteiger charge is -2.17. The van der Waals surface area contributed by atoms with Crippen LogP contribution in [0.2, 0.25) is 0 Å². The van der Waals surface area contributed by atoms with Gasteiger partial charge in [0.1, 0.15) is 0 Å². The molecule has 31 heavy (non-hydrogen) atoms. The Morgan fingerprint density at radius 1 is 1.10 bits per heavy atom. The van der Waals surface area contributed by atoms with Gasteiger partial charge in [-0.15, -0.1) is 11.3 Å². The molecule has 0 unspecified atom stereocenters. The average Bonchev–Trinajstić information content (AvgIpc) is 3.42. The number of thiophene rings is 1. The summed E-state index contributed by atoms with van der Waals surface area (Å²) in [6.45, 7) is 0.573. The normalized spacial score (nSPS) is 11.3. The van der Waals surface area contributed by atoms with Crippen molar-refractivity contribution in [2.75, 3.05) is 13.6 Å². The van der Waals surface area contributed by atoms with Crippen LogP contribution in [0.15, 0.2) is 64.2 Å². The molecule has 5 rings (SSSR count). The smallest absolute Gasteiger partial charge is 0.276 e. The Bertz CT molecular complexity index is 1450. The quantitative estimate of drug-likeness (QED) is 0.444. The van der Waals surface area contributed by atoms with Crippen LogP contribution in [0.5, 0.6) is 0 Å². The monoisotopic (exact) mass is 429 g/mol. The molecule has 1 amide bonds. The molecule has 2 N–H and O–H groups in total. The van der Waals surface area contributed by atoms with Gasteiger partial charge in [-0.25, -0.2) is 4.98 Å². The van der Waals surface area contributed by atoms with Crippen LogP contribution in [-0.4, -0.2) is 44.3 Å². The van der Waals surface area contributed by atoms with Crippen molar-refractivity contribution in [2.45, 2.75) is 6.42 Å². The minimum absolute atomic E-state index is 0.0651. The molecule has 0 aliphatic carbocycles. The summed E-state index contributed by atoms with van der Waals surface area (Å²) >= 11 is 1.49. The van der Waals surface area contributed by atoms with E-state index in [9.17, 15) is 9.59 Å². The molecule has 0 aliphatic heterocycles. The number of pyridine rings is 1. The largest absolute Gasteiger partial charge is 0.353 e. The fraction of sp³-hybridized carbons (Fsp3) is 0.130. The van der Waals surface area contributed by atoms with E-state index >= 15 is 0 Å². The third kappa shape index (κ3) is 3.73. The van der Waals surface area contributed by atoms with Gasteiger partial charge in [0, 0.05) is 59.1 Å². The van der Waals surface area contributed by atoms with Crippen LogP contribution in [0.4, 0.5) is 0 Å². The van der Waals surface area contributed by atoms with Gasteiger partial charge in [0.2, 0.25) is 0 Å². The first-order chi connectivity index (χ1) is 15.1. The lowest BCUT2D eigenvalue weighted by atomic mass is 10.1.